The third kappa shape index (κ3) is 4.68. The van der Waals surface area contributed by atoms with Gasteiger partial charge in [-0.25, -0.2) is 14.8 Å². The number of likely N-dealkylation sites (tertiary alicyclic amines) is 1. The highest BCUT2D eigenvalue weighted by atomic mass is 35.5. The summed E-state index contributed by atoms with van der Waals surface area (Å²) in [6, 6.07) is 9.24. The number of H-pyrrole nitrogens is 1. The highest BCUT2D eigenvalue weighted by Crippen LogP contribution is 2.54. The first-order chi connectivity index (χ1) is 18.2. The minimum Gasteiger partial charge on any atom is -0.444 e. The van der Waals surface area contributed by atoms with Crippen molar-refractivity contribution < 1.29 is 14.3 Å². The lowest BCUT2D eigenvalue weighted by molar-refractivity contribution is -0.134. The number of anilines is 1. The molecule has 3 aliphatic rings. The van der Waals surface area contributed by atoms with E-state index in [-0.39, 0.29) is 18.0 Å². The number of halogens is 1. The normalized spacial score (nSPS) is 23.9. The van der Waals surface area contributed by atoms with Gasteiger partial charge in [-0.15, -0.1) is 0 Å². The number of piperazine rings is 1. The standard InChI is InChI=1S/C28H33ClN6O3/c1-28(2,3)38-27(37)35-15-18-14-21(18)23(35)22(17-4-6-19(29)7-5-17)26(36)34-12-10-33(11-13-34)25-20-8-9-30-24(20)31-16-32-25/h4-9,16,18,21-23H,10-15H2,1-3H3,(H,30,31,32)/t18?,21-,22?,23-/m0/s1. The average molecular weight is 537 g/mol. The van der Waals surface area contributed by atoms with Gasteiger partial charge in [-0.3, -0.25) is 4.79 Å². The van der Waals surface area contributed by atoms with E-state index < -0.39 is 11.5 Å². The molecule has 38 heavy (non-hydrogen) atoms. The van der Waals surface area contributed by atoms with Crippen LogP contribution in [0.1, 0.15) is 38.7 Å². The molecular weight excluding hydrogens is 504 g/mol. The van der Waals surface area contributed by atoms with Crippen molar-refractivity contribution in [2.45, 2.75) is 44.8 Å². The van der Waals surface area contributed by atoms with E-state index >= 15 is 0 Å². The van der Waals surface area contributed by atoms with E-state index in [1.165, 1.54) is 0 Å². The maximum Gasteiger partial charge on any atom is 0.410 e. The SMILES string of the molecule is CC(C)(C)OC(=O)N1CC2C[C@@H]2[C@H]1C(C(=O)N1CCN(c2ncnc3[nH]ccc23)CC1)c1ccc(Cl)cc1. The van der Waals surface area contributed by atoms with Crippen LogP contribution in [0, 0.1) is 11.8 Å². The Morgan fingerprint density at radius 1 is 1.08 bits per heavy atom. The Bertz CT molecular complexity index is 1340. The van der Waals surface area contributed by atoms with Crippen LogP contribution < -0.4 is 4.90 Å². The van der Waals surface area contributed by atoms with Crippen molar-refractivity contribution in [3.8, 4) is 0 Å². The summed E-state index contributed by atoms with van der Waals surface area (Å²) in [5.74, 6) is 1.18. The van der Waals surface area contributed by atoms with E-state index in [1.54, 1.807) is 11.2 Å². The van der Waals surface area contributed by atoms with Crippen LogP contribution in [0.15, 0.2) is 42.9 Å². The predicted octanol–water partition coefficient (Wildman–Crippen LogP) is 4.30. The van der Waals surface area contributed by atoms with Crippen molar-refractivity contribution >= 4 is 40.5 Å². The molecule has 1 saturated carbocycles. The highest BCUT2D eigenvalue weighted by Gasteiger charge is 2.59. The number of aromatic amines is 1. The van der Waals surface area contributed by atoms with Crippen LogP contribution >= 0.6 is 11.6 Å². The van der Waals surface area contributed by atoms with Gasteiger partial charge in [-0.05, 0) is 62.8 Å². The number of ether oxygens (including phenoxy) is 1. The number of carbonyl (C=O) groups is 2. The zero-order valence-electron chi connectivity index (χ0n) is 21.9. The molecule has 1 aromatic carbocycles. The molecule has 1 aliphatic carbocycles. The Morgan fingerprint density at radius 3 is 2.53 bits per heavy atom. The third-order valence-electron chi connectivity index (χ3n) is 7.90. The number of rotatable bonds is 4. The number of fused-ring (bicyclic) bond motifs is 2. The molecule has 2 aromatic heterocycles. The molecule has 3 fully saturated rings. The minimum atomic E-state index is -0.601. The van der Waals surface area contributed by atoms with E-state index in [9.17, 15) is 9.59 Å². The molecule has 4 heterocycles. The first kappa shape index (κ1) is 25.0. The van der Waals surface area contributed by atoms with E-state index in [2.05, 4.69) is 19.9 Å². The van der Waals surface area contributed by atoms with Gasteiger partial charge in [0.25, 0.3) is 0 Å². The fraction of sp³-hybridized carbons (Fsp3) is 0.500. The Balaban J connectivity index is 1.25. The summed E-state index contributed by atoms with van der Waals surface area (Å²) >= 11 is 6.20. The molecule has 200 valence electrons. The Kier molecular flexibility index (Phi) is 6.21. The number of piperidine rings is 1. The van der Waals surface area contributed by atoms with Crippen molar-refractivity contribution in [3.05, 3.63) is 53.4 Å². The fourth-order valence-electron chi connectivity index (χ4n) is 6.05. The molecular formula is C28H33ClN6O3. The van der Waals surface area contributed by atoms with Gasteiger partial charge >= 0.3 is 6.09 Å². The van der Waals surface area contributed by atoms with Crippen molar-refractivity contribution in [3.63, 3.8) is 0 Å². The number of hydrogen-bond donors (Lipinski definition) is 1. The number of benzene rings is 1. The Hall–Kier alpha value is -3.33. The average Bonchev–Trinajstić information content (AvgIpc) is 3.30. The van der Waals surface area contributed by atoms with E-state index in [0.717, 1.165) is 28.8 Å². The summed E-state index contributed by atoms with van der Waals surface area (Å²) in [7, 11) is 0. The van der Waals surface area contributed by atoms with Gasteiger partial charge in [0, 0.05) is 43.9 Å². The molecule has 4 atom stereocenters. The number of aromatic nitrogens is 3. The van der Waals surface area contributed by atoms with Gasteiger partial charge in [0.15, 0.2) is 0 Å². The zero-order valence-corrected chi connectivity index (χ0v) is 22.7. The number of nitrogens with one attached hydrogen (secondary N) is 1. The van der Waals surface area contributed by atoms with Gasteiger partial charge < -0.3 is 24.4 Å². The second kappa shape index (κ2) is 9.45. The first-order valence-electron chi connectivity index (χ1n) is 13.3. The van der Waals surface area contributed by atoms with E-state index in [0.29, 0.717) is 49.6 Å². The van der Waals surface area contributed by atoms with Crippen LogP contribution in [0.5, 0.6) is 0 Å². The predicted molar refractivity (Wildman–Crippen MR) is 145 cm³/mol. The quantitative estimate of drug-likeness (QED) is 0.534. The molecule has 2 unspecified atom stereocenters. The van der Waals surface area contributed by atoms with Gasteiger partial charge in [0.05, 0.1) is 17.3 Å². The zero-order chi connectivity index (χ0) is 26.6. The summed E-state index contributed by atoms with van der Waals surface area (Å²) in [5, 5.41) is 1.60. The molecule has 6 rings (SSSR count). The number of nitrogens with zero attached hydrogens (tertiary/aromatic N) is 5. The fourth-order valence-corrected chi connectivity index (χ4v) is 6.18. The molecule has 10 heteroatoms. The molecule has 2 amide bonds. The Labute approximate surface area is 227 Å². The van der Waals surface area contributed by atoms with Gasteiger partial charge in [0.1, 0.15) is 23.4 Å². The minimum absolute atomic E-state index is 0.0487. The molecule has 0 radical (unpaired) electrons. The van der Waals surface area contributed by atoms with Crippen molar-refractivity contribution in [1.82, 2.24) is 24.8 Å². The van der Waals surface area contributed by atoms with Crippen molar-refractivity contribution in [2.24, 2.45) is 11.8 Å². The van der Waals surface area contributed by atoms with E-state index in [1.807, 2.05) is 62.2 Å². The lowest BCUT2D eigenvalue weighted by Gasteiger charge is -2.40. The molecule has 1 N–H and O–H groups in total. The van der Waals surface area contributed by atoms with Gasteiger partial charge in [-0.1, -0.05) is 23.7 Å². The summed E-state index contributed by atoms with van der Waals surface area (Å²) in [6.07, 6.45) is 4.13. The topological polar surface area (TPSA) is 94.7 Å². The molecule has 2 aliphatic heterocycles. The molecule has 0 spiro atoms. The second-order valence-electron chi connectivity index (χ2n) is 11.6. The van der Waals surface area contributed by atoms with Gasteiger partial charge in [0.2, 0.25) is 5.91 Å². The van der Waals surface area contributed by atoms with E-state index in [4.69, 9.17) is 16.3 Å². The van der Waals surface area contributed by atoms with Crippen LogP contribution in [-0.4, -0.2) is 81.1 Å². The largest absolute Gasteiger partial charge is 0.444 e. The van der Waals surface area contributed by atoms with Crippen LogP contribution in [0.4, 0.5) is 10.6 Å². The lowest BCUT2D eigenvalue weighted by atomic mass is 9.87. The summed E-state index contributed by atoms with van der Waals surface area (Å²) in [6.45, 7) is 8.74. The second-order valence-corrected chi connectivity index (χ2v) is 12.0. The maximum absolute atomic E-state index is 14.3. The maximum atomic E-state index is 14.3. The number of amides is 2. The number of hydrogen-bond acceptors (Lipinski definition) is 6. The monoisotopic (exact) mass is 536 g/mol. The summed E-state index contributed by atoms with van der Waals surface area (Å²) in [4.78, 5) is 45.4. The van der Waals surface area contributed by atoms with Crippen LogP contribution in [0.25, 0.3) is 11.0 Å². The first-order valence-corrected chi connectivity index (χ1v) is 13.6. The highest BCUT2D eigenvalue weighted by molar-refractivity contribution is 6.30. The Morgan fingerprint density at radius 2 is 1.82 bits per heavy atom. The molecule has 0 bridgehead atoms. The smallest absolute Gasteiger partial charge is 0.410 e. The third-order valence-corrected chi connectivity index (χ3v) is 8.15. The van der Waals surface area contributed by atoms with Gasteiger partial charge in [-0.2, -0.15) is 0 Å². The van der Waals surface area contributed by atoms with Crippen molar-refractivity contribution in [1.29, 1.82) is 0 Å². The molecule has 9 nitrogen and oxygen atoms in total. The lowest BCUT2D eigenvalue weighted by Crippen LogP contribution is -2.54. The van der Waals surface area contributed by atoms with Crippen molar-refractivity contribution in [2.75, 3.05) is 37.6 Å². The van der Waals surface area contributed by atoms with Crippen LogP contribution in [0.3, 0.4) is 0 Å². The molecule has 3 aromatic rings. The van der Waals surface area contributed by atoms with Crippen LogP contribution in [0.2, 0.25) is 5.02 Å². The summed E-state index contributed by atoms with van der Waals surface area (Å²) in [5.41, 5.74) is 1.09. The number of carbonyl (C=O) groups excluding carboxylic acids is 2. The molecule has 2 saturated heterocycles. The summed E-state index contributed by atoms with van der Waals surface area (Å²) < 4.78 is 5.76. The van der Waals surface area contributed by atoms with Crippen LogP contribution in [-0.2, 0) is 9.53 Å².